The fraction of sp³-hybridized carbons (Fsp3) is 0.375. The molecular formula is C8H12NO+. The van der Waals surface area contributed by atoms with Gasteiger partial charge in [-0.05, 0) is 6.07 Å². The number of pyridine rings is 1. The molecule has 0 amide bonds. The first-order valence-corrected chi connectivity index (χ1v) is 3.28. The second-order valence-corrected chi connectivity index (χ2v) is 2.50. The summed E-state index contributed by atoms with van der Waals surface area (Å²) in [6.07, 6.45) is 0. The van der Waals surface area contributed by atoms with Crippen LogP contribution >= 0.6 is 0 Å². The molecule has 10 heavy (non-hydrogen) atoms. The van der Waals surface area contributed by atoms with E-state index in [0.29, 0.717) is 5.75 Å². The Bertz CT molecular complexity index is 229. The van der Waals surface area contributed by atoms with Gasteiger partial charge in [-0.3, -0.25) is 0 Å². The minimum atomic E-state index is 0.355. The van der Waals surface area contributed by atoms with Crippen molar-refractivity contribution in [2.75, 3.05) is 0 Å². The van der Waals surface area contributed by atoms with Gasteiger partial charge in [0.25, 0.3) is 0 Å². The summed E-state index contributed by atoms with van der Waals surface area (Å²) >= 11 is 0. The molecular weight excluding hydrogens is 126 g/mol. The molecule has 0 saturated carbocycles. The summed E-state index contributed by atoms with van der Waals surface area (Å²) in [6, 6.07) is 3.60. The first-order chi connectivity index (χ1) is 4.63. The van der Waals surface area contributed by atoms with Gasteiger partial charge in [0.2, 0.25) is 5.69 Å². The van der Waals surface area contributed by atoms with Crippen LogP contribution in [0, 0.1) is 13.8 Å². The first kappa shape index (κ1) is 7.06. The second kappa shape index (κ2) is 2.29. The molecule has 0 saturated heterocycles. The lowest BCUT2D eigenvalue weighted by Gasteiger charge is -1.98. The highest BCUT2D eigenvalue weighted by Crippen LogP contribution is 2.09. The molecule has 0 aliphatic carbocycles. The molecule has 0 atom stereocenters. The molecule has 54 valence electrons. The molecule has 0 aromatic carbocycles. The normalized spacial score (nSPS) is 9.90. The van der Waals surface area contributed by atoms with Gasteiger partial charge in [0.1, 0.15) is 7.05 Å². The minimum absolute atomic E-state index is 0.355. The number of aromatic nitrogens is 1. The van der Waals surface area contributed by atoms with Crippen LogP contribution in [0.3, 0.4) is 0 Å². The minimum Gasteiger partial charge on any atom is -0.503 e. The van der Waals surface area contributed by atoms with Crippen LogP contribution in [0.4, 0.5) is 0 Å². The number of hydrogen-bond acceptors (Lipinski definition) is 1. The van der Waals surface area contributed by atoms with E-state index in [9.17, 15) is 5.11 Å². The van der Waals surface area contributed by atoms with Gasteiger partial charge in [0.15, 0.2) is 11.4 Å². The predicted octanol–water partition coefficient (Wildman–Crippen LogP) is 0.834. The van der Waals surface area contributed by atoms with E-state index in [0.717, 1.165) is 11.4 Å². The summed E-state index contributed by atoms with van der Waals surface area (Å²) < 4.78 is 1.95. The summed E-state index contributed by atoms with van der Waals surface area (Å²) in [5.74, 6) is 0.355. The third kappa shape index (κ3) is 0.967. The Kier molecular flexibility index (Phi) is 1.62. The standard InChI is InChI=1S/C8H11NO/c1-6-4-5-8(10)7(2)9(6)3/h4-5H,1-3H3/p+1. The molecule has 1 rings (SSSR count). The lowest BCUT2D eigenvalue weighted by atomic mass is 10.3. The van der Waals surface area contributed by atoms with Crippen molar-refractivity contribution >= 4 is 0 Å². The Morgan fingerprint density at radius 1 is 1.30 bits per heavy atom. The van der Waals surface area contributed by atoms with E-state index in [1.807, 2.05) is 31.5 Å². The van der Waals surface area contributed by atoms with Crippen LogP contribution in [0.5, 0.6) is 5.75 Å². The maximum absolute atomic E-state index is 9.20. The molecule has 1 N–H and O–H groups in total. The van der Waals surface area contributed by atoms with Crippen molar-refractivity contribution in [2.24, 2.45) is 7.05 Å². The molecule has 1 aromatic heterocycles. The summed E-state index contributed by atoms with van der Waals surface area (Å²) in [5.41, 5.74) is 2.05. The van der Waals surface area contributed by atoms with Crippen molar-refractivity contribution in [1.82, 2.24) is 0 Å². The van der Waals surface area contributed by atoms with Gasteiger partial charge < -0.3 is 5.11 Å². The Hall–Kier alpha value is -1.05. The number of hydrogen-bond donors (Lipinski definition) is 1. The highest BCUT2D eigenvalue weighted by molar-refractivity contribution is 5.21. The van der Waals surface area contributed by atoms with Crippen molar-refractivity contribution in [2.45, 2.75) is 13.8 Å². The smallest absolute Gasteiger partial charge is 0.220 e. The second-order valence-electron chi connectivity index (χ2n) is 2.50. The van der Waals surface area contributed by atoms with Gasteiger partial charge in [-0.1, -0.05) is 0 Å². The van der Waals surface area contributed by atoms with Crippen LogP contribution in [-0.4, -0.2) is 5.11 Å². The monoisotopic (exact) mass is 138 g/mol. The molecule has 2 heteroatoms. The Morgan fingerprint density at radius 2 is 1.90 bits per heavy atom. The van der Waals surface area contributed by atoms with Crippen molar-refractivity contribution in [1.29, 1.82) is 0 Å². The molecule has 0 unspecified atom stereocenters. The highest BCUT2D eigenvalue weighted by atomic mass is 16.3. The fourth-order valence-corrected chi connectivity index (χ4v) is 0.868. The van der Waals surface area contributed by atoms with Crippen LogP contribution in [-0.2, 0) is 7.05 Å². The van der Waals surface area contributed by atoms with Crippen molar-refractivity contribution in [3.63, 3.8) is 0 Å². The van der Waals surface area contributed by atoms with Crippen LogP contribution < -0.4 is 4.57 Å². The summed E-state index contributed by atoms with van der Waals surface area (Å²) in [5, 5.41) is 9.20. The number of aromatic hydroxyl groups is 1. The maximum Gasteiger partial charge on any atom is 0.220 e. The highest BCUT2D eigenvalue weighted by Gasteiger charge is 2.08. The van der Waals surface area contributed by atoms with Crippen LogP contribution in [0.25, 0.3) is 0 Å². The van der Waals surface area contributed by atoms with E-state index in [1.165, 1.54) is 0 Å². The molecule has 1 heterocycles. The maximum atomic E-state index is 9.20. The summed E-state index contributed by atoms with van der Waals surface area (Å²) in [6.45, 7) is 3.90. The SMILES string of the molecule is Cc1ccc(O)c(C)[n+]1C. The van der Waals surface area contributed by atoms with Crippen LogP contribution in [0.2, 0.25) is 0 Å². The Morgan fingerprint density at radius 3 is 2.40 bits per heavy atom. The largest absolute Gasteiger partial charge is 0.503 e. The number of rotatable bonds is 0. The van der Waals surface area contributed by atoms with Gasteiger partial charge in [-0.15, -0.1) is 0 Å². The zero-order valence-corrected chi connectivity index (χ0v) is 6.55. The Balaban J connectivity index is 3.34. The number of aryl methyl sites for hydroxylation is 1. The van der Waals surface area contributed by atoms with Crippen molar-refractivity contribution < 1.29 is 9.67 Å². The van der Waals surface area contributed by atoms with E-state index in [1.54, 1.807) is 6.07 Å². The lowest BCUT2D eigenvalue weighted by molar-refractivity contribution is -0.684. The molecule has 0 aliphatic rings. The van der Waals surface area contributed by atoms with E-state index in [-0.39, 0.29) is 0 Å². The molecule has 2 nitrogen and oxygen atoms in total. The van der Waals surface area contributed by atoms with Gasteiger partial charge >= 0.3 is 0 Å². The van der Waals surface area contributed by atoms with E-state index < -0.39 is 0 Å². The lowest BCUT2D eigenvalue weighted by Crippen LogP contribution is -2.35. The quantitative estimate of drug-likeness (QED) is 0.528. The van der Waals surface area contributed by atoms with E-state index in [2.05, 4.69) is 0 Å². The molecule has 0 aliphatic heterocycles. The molecule has 0 fully saturated rings. The van der Waals surface area contributed by atoms with Crippen molar-refractivity contribution in [3.05, 3.63) is 23.5 Å². The van der Waals surface area contributed by atoms with Crippen LogP contribution in [0.1, 0.15) is 11.4 Å². The van der Waals surface area contributed by atoms with Gasteiger partial charge in [-0.25, -0.2) is 0 Å². The first-order valence-electron chi connectivity index (χ1n) is 3.28. The Labute approximate surface area is 60.8 Å². The zero-order valence-electron chi connectivity index (χ0n) is 6.55. The number of nitrogens with zero attached hydrogens (tertiary/aromatic N) is 1. The van der Waals surface area contributed by atoms with E-state index in [4.69, 9.17) is 0 Å². The average molecular weight is 138 g/mol. The average Bonchev–Trinajstić information content (AvgIpc) is 1.93. The van der Waals surface area contributed by atoms with Gasteiger partial charge in [0, 0.05) is 19.9 Å². The van der Waals surface area contributed by atoms with Crippen LogP contribution in [0.15, 0.2) is 12.1 Å². The zero-order chi connectivity index (χ0) is 7.72. The fourth-order valence-electron chi connectivity index (χ4n) is 0.868. The summed E-state index contributed by atoms with van der Waals surface area (Å²) in [4.78, 5) is 0. The third-order valence-corrected chi connectivity index (χ3v) is 1.89. The van der Waals surface area contributed by atoms with Crippen molar-refractivity contribution in [3.8, 4) is 5.75 Å². The summed E-state index contributed by atoms with van der Waals surface area (Å²) in [7, 11) is 1.93. The van der Waals surface area contributed by atoms with Gasteiger partial charge in [0.05, 0.1) is 0 Å². The topological polar surface area (TPSA) is 24.1 Å². The molecule has 0 spiro atoms. The predicted molar refractivity (Wildman–Crippen MR) is 38.8 cm³/mol. The molecule has 0 radical (unpaired) electrons. The van der Waals surface area contributed by atoms with Gasteiger partial charge in [-0.2, -0.15) is 4.57 Å². The molecule has 0 bridgehead atoms. The molecule has 1 aromatic rings. The van der Waals surface area contributed by atoms with E-state index >= 15 is 0 Å². The third-order valence-electron chi connectivity index (χ3n) is 1.89.